The van der Waals surface area contributed by atoms with Crippen molar-refractivity contribution in [3.05, 3.63) is 6.33 Å². The third kappa shape index (κ3) is 2.86. The molecule has 2 N–H and O–H groups in total. The van der Waals surface area contributed by atoms with E-state index in [2.05, 4.69) is 25.3 Å². The normalized spacial score (nSPS) is 11.1. The van der Waals surface area contributed by atoms with Gasteiger partial charge in [0.1, 0.15) is 12.1 Å². The number of hydrogen-bond donors (Lipinski definition) is 2. The molecule has 0 saturated carbocycles. The van der Waals surface area contributed by atoms with Gasteiger partial charge >= 0.3 is 0 Å². The van der Waals surface area contributed by atoms with Crippen LogP contribution in [0.2, 0.25) is 0 Å². The Bertz CT molecular complexity index is 511. The molecule has 2 aromatic heterocycles. The summed E-state index contributed by atoms with van der Waals surface area (Å²) in [5.41, 5.74) is 1.27. The van der Waals surface area contributed by atoms with Crippen molar-refractivity contribution in [2.75, 3.05) is 25.6 Å². The number of rotatable bonds is 6. The molecule has 0 radical (unpaired) electrons. The van der Waals surface area contributed by atoms with Crippen LogP contribution in [0.4, 0.5) is 5.95 Å². The Morgan fingerprint density at radius 1 is 1.33 bits per heavy atom. The highest BCUT2D eigenvalue weighted by Crippen LogP contribution is 2.20. The van der Waals surface area contributed by atoms with Crippen LogP contribution in [0.25, 0.3) is 11.2 Å². The summed E-state index contributed by atoms with van der Waals surface area (Å²) in [4.78, 5) is 15.5. The first kappa shape index (κ1) is 12.6. The van der Waals surface area contributed by atoms with Crippen molar-refractivity contribution in [1.82, 2.24) is 19.9 Å². The van der Waals surface area contributed by atoms with E-state index >= 15 is 0 Å². The van der Waals surface area contributed by atoms with Crippen LogP contribution in [0.15, 0.2) is 6.33 Å². The Balaban J connectivity index is 2.08. The molecule has 0 spiro atoms. The quantitative estimate of drug-likeness (QED) is 0.750. The number of hydrogen-bond acceptors (Lipinski definition) is 6. The summed E-state index contributed by atoms with van der Waals surface area (Å²) in [5, 5.41) is 2.87. The van der Waals surface area contributed by atoms with E-state index in [4.69, 9.17) is 9.47 Å². The third-order valence-corrected chi connectivity index (χ3v) is 2.25. The van der Waals surface area contributed by atoms with Crippen molar-refractivity contribution in [2.24, 2.45) is 0 Å². The number of H-pyrrole nitrogens is 1. The molecule has 0 aliphatic heterocycles. The molecule has 0 aliphatic rings. The predicted octanol–water partition coefficient (Wildman–Crippen LogP) is 1.20. The average Bonchev–Trinajstić information content (AvgIpc) is 2.82. The van der Waals surface area contributed by atoms with Gasteiger partial charge in [-0.2, -0.15) is 9.97 Å². The largest absolute Gasteiger partial charge is 0.474 e. The molecule has 0 fully saturated rings. The fraction of sp³-hybridized carbons (Fsp3) is 0.545. The lowest BCUT2D eigenvalue weighted by atomic mass is 10.5. The first-order valence-corrected chi connectivity index (χ1v) is 5.84. The van der Waals surface area contributed by atoms with Gasteiger partial charge in [-0.05, 0) is 13.8 Å². The molecule has 0 aliphatic carbocycles. The van der Waals surface area contributed by atoms with Crippen molar-refractivity contribution in [3.63, 3.8) is 0 Å². The maximum atomic E-state index is 5.58. The summed E-state index contributed by atoms with van der Waals surface area (Å²) < 4.78 is 11.0. The van der Waals surface area contributed by atoms with Gasteiger partial charge in [0.25, 0.3) is 0 Å². The summed E-state index contributed by atoms with van der Waals surface area (Å²) in [5.74, 6) is 0.962. The van der Waals surface area contributed by atoms with Crippen LogP contribution >= 0.6 is 0 Å². The van der Waals surface area contributed by atoms with Crippen molar-refractivity contribution in [3.8, 4) is 5.88 Å². The molecule has 7 nitrogen and oxygen atoms in total. The molecule has 7 heteroatoms. The van der Waals surface area contributed by atoms with Gasteiger partial charge in [0.05, 0.1) is 19.0 Å². The molecule has 98 valence electrons. The van der Waals surface area contributed by atoms with Gasteiger partial charge in [0, 0.05) is 7.05 Å². The summed E-state index contributed by atoms with van der Waals surface area (Å²) >= 11 is 0. The van der Waals surface area contributed by atoms with Gasteiger partial charge in [-0.15, -0.1) is 0 Å². The van der Waals surface area contributed by atoms with E-state index < -0.39 is 0 Å². The Kier molecular flexibility index (Phi) is 3.93. The van der Waals surface area contributed by atoms with Crippen LogP contribution in [0.3, 0.4) is 0 Å². The topological polar surface area (TPSA) is 85.0 Å². The highest BCUT2D eigenvalue weighted by atomic mass is 16.5. The van der Waals surface area contributed by atoms with Crippen molar-refractivity contribution in [1.29, 1.82) is 0 Å². The molecule has 2 heterocycles. The SMILES string of the molecule is CNc1nc(OCCOC(C)C)c2[nH]cnc2n1. The lowest BCUT2D eigenvalue weighted by molar-refractivity contribution is 0.0546. The van der Waals surface area contributed by atoms with Gasteiger partial charge in [0.2, 0.25) is 11.8 Å². The van der Waals surface area contributed by atoms with E-state index in [0.29, 0.717) is 36.2 Å². The number of aromatic amines is 1. The van der Waals surface area contributed by atoms with Crippen LogP contribution in [-0.2, 0) is 4.74 Å². The third-order valence-electron chi connectivity index (χ3n) is 2.25. The van der Waals surface area contributed by atoms with Crippen LogP contribution in [-0.4, -0.2) is 46.3 Å². The van der Waals surface area contributed by atoms with E-state index in [1.54, 1.807) is 13.4 Å². The van der Waals surface area contributed by atoms with Crippen LogP contribution in [0.5, 0.6) is 5.88 Å². The maximum Gasteiger partial charge on any atom is 0.245 e. The molecule has 0 saturated heterocycles. The second kappa shape index (κ2) is 5.63. The maximum absolute atomic E-state index is 5.58. The number of aromatic nitrogens is 4. The van der Waals surface area contributed by atoms with Crippen molar-refractivity contribution in [2.45, 2.75) is 20.0 Å². The number of nitrogens with zero attached hydrogens (tertiary/aromatic N) is 3. The molecule has 2 rings (SSSR count). The Labute approximate surface area is 105 Å². The minimum Gasteiger partial charge on any atom is -0.474 e. The Hall–Kier alpha value is -1.89. The van der Waals surface area contributed by atoms with Gasteiger partial charge in [-0.3, -0.25) is 0 Å². The zero-order valence-electron chi connectivity index (χ0n) is 10.7. The van der Waals surface area contributed by atoms with Gasteiger partial charge < -0.3 is 19.8 Å². The van der Waals surface area contributed by atoms with Crippen LogP contribution < -0.4 is 10.1 Å². The standard InChI is InChI=1S/C11H17N5O2/c1-7(2)17-4-5-18-10-8-9(14-6-13-8)15-11(12-3)16-10/h6-7H,4-5H2,1-3H3,(H2,12,13,14,15,16). The minimum absolute atomic E-state index is 0.194. The molecule has 0 unspecified atom stereocenters. The van der Waals surface area contributed by atoms with E-state index in [9.17, 15) is 0 Å². The smallest absolute Gasteiger partial charge is 0.245 e. The molecule has 0 amide bonds. The van der Waals surface area contributed by atoms with Gasteiger partial charge in [-0.25, -0.2) is 4.98 Å². The van der Waals surface area contributed by atoms with E-state index in [1.165, 1.54) is 0 Å². The fourth-order valence-corrected chi connectivity index (χ4v) is 1.45. The molecular weight excluding hydrogens is 234 g/mol. The minimum atomic E-state index is 0.194. The van der Waals surface area contributed by atoms with Crippen molar-refractivity contribution < 1.29 is 9.47 Å². The zero-order chi connectivity index (χ0) is 13.0. The fourth-order valence-electron chi connectivity index (χ4n) is 1.45. The van der Waals surface area contributed by atoms with Crippen LogP contribution in [0.1, 0.15) is 13.8 Å². The first-order valence-electron chi connectivity index (χ1n) is 5.84. The second-order valence-electron chi connectivity index (χ2n) is 3.97. The molecular formula is C11H17N5O2. The summed E-state index contributed by atoms with van der Waals surface area (Å²) in [7, 11) is 1.75. The van der Waals surface area contributed by atoms with E-state index in [1.807, 2.05) is 13.8 Å². The molecule has 0 atom stereocenters. The highest BCUT2D eigenvalue weighted by Gasteiger charge is 2.10. The van der Waals surface area contributed by atoms with E-state index in [0.717, 1.165) is 0 Å². The summed E-state index contributed by atoms with van der Waals surface area (Å²) in [6.45, 7) is 4.92. The summed E-state index contributed by atoms with van der Waals surface area (Å²) in [6.07, 6.45) is 1.76. The number of ether oxygens (including phenoxy) is 2. The molecule has 0 aromatic carbocycles. The number of imidazole rings is 1. The lowest BCUT2D eigenvalue weighted by Crippen LogP contribution is -2.12. The predicted molar refractivity (Wildman–Crippen MR) is 67.8 cm³/mol. The molecule has 0 bridgehead atoms. The summed E-state index contributed by atoms with van der Waals surface area (Å²) in [6, 6.07) is 0. The monoisotopic (exact) mass is 251 g/mol. The van der Waals surface area contributed by atoms with E-state index in [-0.39, 0.29) is 6.10 Å². The molecule has 2 aromatic rings. The number of anilines is 1. The Morgan fingerprint density at radius 2 is 2.17 bits per heavy atom. The molecule has 18 heavy (non-hydrogen) atoms. The lowest BCUT2D eigenvalue weighted by Gasteiger charge is -2.09. The Morgan fingerprint density at radius 3 is 2.89 bits per heavy atom. The zero-order valence-corrected chi connectivity index (χ0v) is 10.7. The number of nitrogens with one attached hydrogen (secondary N) is 2. The van der Waals surface area contributed by atoms with Gasteiger partial charge in [0.15, 0.2) is 5.65 Å². The average molecular weight is 251 g/mol. The van der Waals surface area contributed by atoms with Crippen LogP contribution in [0, 0.1) is 0 Å². The second-order valence-corrected chi connectivity index (χ2v) is 3.97. The number of fused-ring (bicyclic) bond motifs is 1. The van der Waals surface area contributed by atoms with Gasteiger partial charge in [-0.1, -0.05) is 0 Å². The highest BCUT2D eigenvalue weighted by molar-refractivity contribution is 5.76. The van der Waals surface area contributed by atoms with Crippen molar-refractivity contribution >= 4 is 17.1 Å². The first-order chi connectivity index (χ1) is 8.70.